The molecule has 118 valence electrons. The van der Waals surface area contributed by atoms with E-state index in [0.717, 1.165) is 6.07 Å². The van der Waals surface area contributed by atoms with Gasteiger partial charge in [-0.3, -0.25) is 0 Å². The fourth-order valence-electron chi connectivity index (χ4n) is 2.19. The lowest BCUT2D eigenvalue weighted by Crippen LogP contribution is -2.53. The van der Waals surface area contributed by atoms with Gasteiger partial charge < -0.3 is 5.32 Å². The predicted molar refractivity (Wildman–Crippen MR) is 69.9 cm³/mol. The minimum Gasteiger partial charge on any atom is -0.368 e. The Kier molecular flexibility index (Phi) is 3.87. The van der Waals surface area contributed by atoms with Crippen molar-refractivity contribution in [3.63, 3.8) is 0 Å². The van der Waals surface area contributed by atoms with Gasteiger partial charge in [0.1, 0.15) is 22.1 Å². The summed E-state index contributed by atoms with van der Waals surface area (Å²) in [4.78, 5) is 7.15. The molecule has 1 aliphatic carbocycles. The highest BCUT2D eigenvalue weighted by Gasteiger charge is 2.47. The molecule has 0 aliphatic heterocycles. The third kappa shape index (κ3) is 3.26. The first-order valence-electron chi connectivity index (χ1n) is 6.23. The van der Waals surface area contributed by atoms with Crippen LogP contribution in [0.4, 0.5) is 19.0 Å². The Balaban J connectivity index is 2.19. The zero-order valence-corrected chi connectivity index (χ0v) is 12.1. The maximum Gasteiger partial charge on any atom is 0.433 e. The van der Waals surface area contributed by atoms with Crippen LogP contribution in [0.1, 0.15) is 30.8 Å². The number of sulfonamides is 1. The SMILES string of the molecule is Cc1nc(NCC2(S(N)(=O)=O)CCC2)cc(C(F)(F)F)n1. The third-order valence-corrected chi connectivity index (χ3v) is 5.35. The first-order valence-corrected chi connectivity index (χ1v) is 7.77. The summed E-state index contributed by atoms with van der Waals surface area (Å²) in [7, 11) is -3.77. The molecule has 0 spiro atoms. The number of rotatable bonds is 4. The number of primary sulfonamides is 1. The van der Waals surface area contributed by atoms with E-state index in [4.69, 9.17) is 5.14 Å². The van der Waals surface area contributed by atoms with Gasteiger partial charge in [-0.2, -0.15) is 13.2 Å². The van der Waals surface area contributed by atoms with Crippen molar-refractivity contribution < 1.29 is 21.6 Å². The van der Waals surface area contributed by atoms with Crippen LogP contribution in [0, 0.1) is 6.92 Å². The van der Waals surface area contributed by atoms with Gasteiger partial charge in [0.2, 0.25) is 10.0 Å². The van der Waals surface area contributed by atoms with Gasteiger partial charge >= 0.3 is 6.18 Å². The average Bonchev–Trinajstić information content (AvgIpc) is 2.23. The Bertz CT molecular complexity index is 641. The second-order valence-electron chi connectivity index (χ2n) is 5.12. The van der Waals surface area contributed by atoms with Crippen LogP contribution in [-0.2, 0) is 16.2 Å². The monoisotopic (exact) mass is 324 g/mol. The maximum atomic E-state index is 12.7. The van der Waals surface area contributed by atoms with E-state index in [1.807, 2.05) is 0 Å². The molecule has 0 unspecified atom stereocenters. The van der Waals surface area contributed by atoms with Crippen LogP contribution in [0.15, 0.2) is 6.07 Å². The van der Waals surface area contributed by atoms with Crippen LogP contribution < -0.4 is 10.5 Å². The molecule has 10 heteroatoms. The van der Waals surface area contributed by atoms with Crippen LogP contribution in [0.2, 0.25) is 0 Å². The van der Waals surface area contributed by atoms with E-state index in [1.165, 1.54) is 6.92 Å². The largest absolute Gasteiger partial charge is 0.433 e. The van der Waals surface area contributed by atoms with E-state index < -0.39 is 26.6 Å². The van der Waals surface area contributed by atoms with E-state index in [-0.39, 0.29) is 18.2 Å². The number of hydrogen-bond donors (Lipinski definition) is 2. The summed E-state index contributed by atoms with van der Waals surface area (Å²) >= 11 is 0. The van der Waals surface area contributed by atoms with Gasteiger partial charge in [-0.25, -0.2) is 23.5 Å². The lowest BCUT2D eigenvalue weighted by atomic mass is 9.84. The zero-order valence-electron chi connectivity index (χ0n) is 11.2. The topological polar surface area (TPSA) is 98.0 Å². The Hall–Kier alpha value is -1.42. The lowest BCUT2D eigenvalue weighted by molar-refractivity contribution is -0.141. The molecule has 2 rings (SSSR count). The first-order chi connectivity index (χ1) is 9.53. The van der Waals surface area contributed by atoms with Crippen molar-refractivity contribution in [2.75, 3.05) is 11.9 Å². The number of anilines is 1. The molecule has 21 heavy (non-hydrogen) atoms. The number of aromatic nitrogens is 2. The summed E-state index contributed by atoms with van der Waals surface area (Å²) in [5.74, 6) is -0.115. The number of nitrogens with one attached hydrogen (secondary N) is 1. The molecular formula is C11H15F3N4O2S. The molecule has 1 saturated carbocycles. The van der Waals surface area contributed by atoms with Crippen molar-refractivity contribution in [1.29, 1.82) is 0 Å². The first kappa shape index (κ1) is 16.0. The summed E-state index contributed by atoms with van der Waals surface area (Å²) in [6.07, 6.45) is -3.10. The van der Waals surface area contributed by atoms with Crippen molar-refractivity contribution in [2.45, 2.75) is 37.1 Å². The van der Waals surface area contributed by atoms with E-state index in [2.05, 4.69) is 15.3 Å². The normalized spacial score (nSPS) is 18.1. The highest BCUT2D eigenvalue weighted by atomic mass is 32.2. The van der Waals surface area contributed by atoms with Crippen LogP contribution in [0.3, 0.4) is 0 Å². The van der Waals surface area contributed by atoms with E-state index in [1.54, 1.807) is 0 Å². The lowest BCUT2D eigenvalue weighted by Gasteiger charge is -2.39. The predicted octanol–water partition coefficient (Wildman–Crippen LogP) is 1.43. The standard InChI is InChI=1S/C11H15F3N4O2S/c1-7-17-8(11(12,13)14)5-9(18-7)16-6-10(3-2-4-10)21(15,19)20/h5H,2-4,6H2,1H3,(H2,15,19,20)(H,16,17,18). The van der Waals surface area contributed by atoms with Crippen LogP contribution >= 0.6 is 0 Å². The fraction of sp³-hybridized carbons (Fsp3) is 0.636. The van der Waals surface area contributed by atoms with Crippen LogP contribution in [-0.4, -0.2) is 29.7 Å². The van der Waals surface area contributed by atoms with Crippen LogP contribution in [0.5, 0.6) is 0 Å². The van der Waals surface area contributed by atoms with Gasteiger partial charge in [-0.1, -0.05) is 6.42 Å². The number of alkyl halides is 3. The van der Waals surface area contributed by atoms with Gasteiger partial charge in [-0.15, -0.1) is 0 Å². The molecule has 0 atom stereocenters. The second-order valence-corrected chi connectivity index (χ2v) is 7.07. The summed E-state index contributed by atoms with van der Waals surface area (Å²) in [5.41, 5.74) is -1.07. The molecule has 1 aromatic rings. The van der Waals surface area contributed by atoms with E-state index >= 15 is 0 Å². The van der Waals surface area contributed by atoms with Crippen LogP contribution in [0.25, 0.3) is 0 Å². The highest BCUT2D eigenvalue weighted by Crippen LogP contribution is 2.38. The molecule has 0 amide bonds. The summed E-state index contributed by atoms with van der Waals surface area (Å²) in [6, 6.07) is 0.752. The minimum absolute atomic E-state index is 0.0504. The Morgan fingerprint density at radius 1 is 1.38 bits per heavy atom. The molecule has 0 saturated heterocycles. The number of aryl methyl sites for hydroxylation is 1. The summed E-state index contributed by atoms with van der Waals surface area (Å²) in [6.45, 7) is 1.26. The average molecular weight is 324 g/mol. The third-order valence-electron chi connectivity index (χ3n) is 3.59. The van der Waals surface area contributed by atoms with Crippen molar-refractivity contribution >= 4 is 15.8 Å². The molecule has 1 heterocycles. The Morgan fingerprint density at radius 3 is 2.43 bits per heavy atom. The smallest absolute Gasteiger partial charge is 0.368 e. The number of nitrogens with two attached hydrogens (primary N) is 1. The number of nitrogens with zero attached hydrogens (tertiary/aromatic N) is 2. The van der Waals surface area contributed by atoms with Gasteiger partial charge in [-0.05, 0) is 19.8 Å². The Labute approximate surface area is 120 Å². The molecule has 1 fully saturated rings. The summed E-state index contributed by atoms with van der Waals surface area (Å²) < 4.78 is 60.0. The number of halogens is 3. The molecular weight excluding hydrogens is 309 g/mol. The van der Waals surface area contributed by atoms with Gasteiger partial charge in [0.15, 0.2) is 0 Å². The molecule has 3 N–H and O–H groups in total. The van der Waals surface area contributed by atoms with Crippen molar-refractivity contribution in [1.82, 2.24) is 9.97 Å². The molecule has 0 radical (unpaired) electrons. The quantitative estimate of drug-likeness (QED) is 0.873. The van der Waals surface area contributed by atoms with E-state index in [0.29, 0.717) is 19.3 Å². The van der Waals surface area contributed by atoms with Gasteiger partial charge in [0.05, 0.1) is 0 Å². The molecule has 1 aromatic heterocycles. The molecule has 1 aliphatic rings. The molecule has 6 nitrogen and oxygen atoms in total. The second kappa shape index (κ2) is 5.09. The van der Waals surface area contributed by atoms with E-state index in [9.17, 15) is 21.6 Å². The number of hydrogen-bond acceptors (Lipinski definition) is 5. The molecule has 0 bridgehead atoms. The van der Waals surface area contributed by atoms with Crippen molar-refractivity contribution in [2.24, 2.45) is 5.14 Å². The Morgan fingerprint density at radius 2 is 2.00 bits per heavy atom. The minimum atomic E-state index is -4.59. The van der Waals surface area contributed by atoms with Gasteiger partial charge in [0, 0.05) is 12.6 Å². The maximum absolute atomic E-state index is 12.7. The molecule has 0 aromatic carbocycles. The summed E-state index contributed by atoms with van der Waals surface area (Å²) in [5, 5.41) is 7.83. The fourth-order valence-corrected chi connectivity index (χ4v) is 3.32. The zero-order chi connectivity index (χ0) is 15.9. The highest BCUT2D eigenvalue weighted by molar-refractivity contribution is 7.90. The van der Waals surface area contributed by atoms with Crippen molar-refractivity contribution in [3.05, 3.63) is 17.6 Å². The van der Waals surface area contributed by atoms with Gasteiger partial charge in [0.25, 0.3) is 0 Å². The van der Waals surface area contributed by atoms with Crippen molar-refractivity contribution in [3.8, 4) is 0 Å².